The van der Waals surface area contributed by atoms with E-state index < -0.39 is 18.1 Å². The van der Waals surface area contributed by atoms with Crippen molar-refractivity contribution in [3.63, 3.8) is 0 Å². The lowest BCUT2D eigenvalue weighted by Gasteiger charge is -2.17. The van der Waals surface area contributed by atoms with Crippen molar-refractivity contribution in [1.82, 2.24) is 5.32 Å². The smallest absolute Gasteiger partial charge is 0.407 e. The van der Waals surface area contributed by atoms with E-state index in [4.69, 9.17) is 9.47 Å². The minimum atomic E-state index is -1.13. The van der Waals surface area contributed by atoms with Gasteiger partial charge in [-0.05, 0) is 57.6 Å². The van der Waals surface area contributed by atoms with Gasteiger partial charge in [0.25, 0.3) is 0 Å². The van der Waals surface area contributed by atoms with Crippen molar-refractivity contribution >= 4 is 28.0 Å². The van der Waals surface area contributed by atoms with Crippen LogP contribution in [0, 0.1) is 0 Å². The summed E-state index contributed by atoms with van der Waals surface area (Å²) in [6.07, 6.45) is -0.638. The first kappa shape index (κ1) is 25.5. The van der Waals surface area contributed by atoms with E-state index in [-0.39, 0.29) is 18.9 Å². The molecule has 4 aromatic carbocycles. The van der Waals surface area contributed by atoms with E-state index in [1.807, 2.05) is 60.7 Å². The molecule has 4 aromatic rings. The molecule has 0 fully saturated rings. The number of carbonyl (C=O) groups excluding carboxylic acids is 1. The Morgan fingerprint density at radius 2 is 1.39 bits per heavy atom. The molecule has 192 valence electrons. The summed E-state index contributed by atoms with van der Waals surface area (Å²) in [7, 11) is 0. The first-order valence-corrected chi connectivity index (χ1v) is 13.1. The molecule has 0 radical (unpaired) electrons. The normalized spacial score (nSPS) is 12.8. The topological polar surface area (TPSA) is 84.9 Å². The fourth-order valence-corrected chi connectivity index (χ4v) is 4.95. The minimum absolute atomic E-state index is 0.0959. The van der Waals surface area contributed by atoms with Gasteiger partial charge in [0.1, 0.15) is 25.0 Å². The Kier molecular flexibility index (Phi) is 7.75. The number of rotatable bonds is 9. The molecule has 1 aliphatic carbocycles. The largest absolute Gasteiger partial charge is 0.489 e. The van der Waals surface area contributed by atoms with Crippen LogP contribution in [0.1, 0.15) is 28.2 Å². The van der Waals surface area contributed by atoms with Crippen LogP contribution in [0.3, 0.4) is 0 Å². The number of halogens is 1. The maximum Gasteiger partial charge on any atom is 0.407 e. The molecule has 38 heavy (non-hydrogen) atoms. The molecule has 0 heterocycles. The molecule has 1 unspecified atom stereocenters. The minimum Gasteiger partial charge on any atom is -0.489 e. The molecule has 1 amide bonds. The first-order valence-electron chi connectivity index (χ1n) is 12.3. The van der Waals surface area contributed by atoms with Gasteiger partial charge >= 0.3 is 12.1 Å². The van der Waals surface area contributed by atoms with E-state index in [2.05, 4.69) is 33.4 Å². The number of amides is 1. The summed E-state index contributed by atoms with van der Waals surface area (Å²) in [6, 6.07) is 30.0. The van der Waals surface area contributed by atoms with Crippen molar-refractivity contribution in [2.24, 2.45) is 0 Å². The van der Waals surface area contributed by atoms with E-state index in [1.165, 1.54) is 0 Å². The molecular formula is C31H26BrNO5. The highest BCUT2D eigenvalue weighted by atomic mass is 79.9. The van der Waals surface area contributed by atoms with Crippen molar-refractivity contribution in [1.29, 1.82) is 0 Å². The third-order valence-corrected chi connectivity index (χ3v) is 7.14. The summed E-state index contributed by atoms with van der Waals surface area (Å²) in [4.78, 5) is 24.5. The van der Waals surface area contributed by atoms with Gasteiger partial charge in [0.15, 0.2) is 0 Å². The summed E-state index contributed by atoms with van der Waals surface area (Å²) >= 11 is 3.41. The second-order valence-corrected chi connectivity index (χ2v) is 10.0. The van der Waals surface area contributed by atoms with Crippen molar-refractivity contribution in [2.45, 2.75) is 25.0 Å². The number of alkyl carbamates (subject to hydrolysis) is 1. The molecule has 0 aromatic heterocycles. The van der Waals surface area contributed by atoms with E-state index in [0.717, 1.165) is 37.9 Å². The number of carboxylic acid groups (broad SMARTS) is 1. The van der Waals surface area contributed by atoms with Crippen LogP contribution >= 0.6 is 15.9 Å². The van der Waals surface area contributed by atoms with Crippen LogP contribution in [0.5, 0.6) is 5.75 Å². The van der Waals surface area contributed by atoms with Crippen LogP contribution in [0.25, 0.3) is 11.1 Å². The van der Waals surface area contributed by atoms with E-state index >= 15 is 0 Å². The SMILES string of the molecule is O=C(NC(Cc1ccc(OCc2ccc(Br)cc2)cc1)C(=O)O)OCC1c2ccccc2-c2ccccc21. The molecule has 1 atom stereocenters. The maximum absolute atomic E-state index is 12.6. The Bertz CT molecular complexity index is 1390. The molecule has 0 spiro atoms. The number of hydrogen-bond acceptors (Lipinski definition) is 4. The van der Waals surface area contributed by atoms with Gasteiger partial charge in [-0.1, -0.05) is 88.7 Å². The van der Waals surface area contributed by atoms with Crippen LogP contribution in [-0.2, 0) is 22.6 Å². The van der Waals surface area contributed by atoms with Crippen molar-refractivity contribution in [2.75, 3.05) is 6.61 Å². The predicted molar refractivity (Wildman–Crippen MR) is 148 cm³/mol. The number of benzene rings is 4. The average Bonchev–Trinajstić information content (AvgIpc) is 3.25. The zero-order chi connectivity index (χ0) is 26.5. The average molecular weight is 572 g/mol. The van der Waals surface area contributed by atoms with Crippen LogP contribution in [0.4, 0.5) is 4.79 Å². The zero-order valence-corrected chi connectivity index (χ0v) is 22.1. The Morgan fingerprint density at radius 3 is 2.00 bits per heavy atom. The van der Waals surface area contributed by atoms with Crippen LogP contribution < -0.4 is 10.1 Å². The van der Waals surface area contributed by atoms with Gasteiger partial charge in [-0.25, -0.2) is 9.59 Å². The molecule has 2 N–H and O–H groups in total. The number of hydrogen-bond donors (Lipinski definition) is 2. The number of fused-ring (bicyclic) bond motifs is 3. The second kappa shape index (κ2) is 11.5. The van der Waals surface area contributed by atoms with Gasteiger partial charge in [-0.2, -0.15) is 0 Å². The van der Waals surface area contributed by atoms with Gasteiger partial charge in [0.2, 0.25) is 0 Å². The molecule has 5 rings (SSSR count). The fraction of sp³-hybridized carbons (Fsp3) is 0.161. The lowest BCUT2D eigenvalue weighted by molar-refractivity contribution is -0.139. The zero-order valence-electron chi connectivity index (χ0n) is 20.5. The molecule has 0 aliphatic heterocycles. The predicted octanol–water partition coefficient (Wildman–Crippen LogP) is 6.56. The van der Waals surface area contributed by atoms with Gasteiger partial charge in [-0.15, -0.1) is 0 Å². The summed E-state index contributed by atoms with van der Waals surface area (Å²) in [5.41, 5.74) is 6.25. The molecular weight excluding hydrogens is 546 g/mol. The highest BCUT2D eigenvalue weighted by Gasteiger charge is 2.29. The Labute approximate surface area is 229 Å². The van der Waals surface area contributed by atoms with Crippen LogP contribution in [-0.4, -0.2) is 29.8 Å². The Morgan fingerprint density at radius 1 is 0.816 bits per heavy atom. The lowest BCUT2D eigenvalue weighted by atomic mass is 9.98. The highest BCUT2D eigenvalue weighted by Crippen LogP contribution is 2.44. The number of carboxylic acids is 1. The van der Waals surface area contributed by atoms with Crippen molar-refractivity contribution in [3.05, 3.63) is 124 Å². The second-order valence-electron chi connectivity index (χ2n) is 9.12. The molecule has 7 heteroatoms. The quantitative estimate of drug-likeness (QED) is 0.237. The van der Waals surface area contributed by atoms with Gasteiger partial charge in [0, 0.05) is 16.8 Å². The summed E-state index contributed by atoms with van der Waals surface area (Å²) in [6.45, 7) is 0.546. The van der Waals surface area contributed by atoms with Crippen LogP contribution in [0.2, 0.25) is 0 Å². The Hall–Kier alpha value is -4.10. The summed E-state index contributed by atoms with van der Waals surface area (Å²) in [5.74, 6) is -0.552. The standard InChI is InChI=1S/C31H26BrNO5/c32-22-13-9-21(10-14-22)18-37-23-15-11-20(12-16-23)17-29(30(34)35)33-31(36)38-19-28-26-7-3-1-5-24(26)25-6-2-4-8-27(25)28/h1-16,28-29H,17-19H2,(H,33,36)(H,34,35). The highest BCUT2D eigenvalue weighted by molar-refractivity contribution is 9.10. The molecule has 6 nitrogen and oxygen atoms in total. The van der Waals surface area contributed by atoms with E-state index in [1.54, 1.807) is 24.3 Å². The molecule has 1 aliphatic rings. The molecule has 0 saturated carbocycles. The third kappa shape index (κ3) is 5.89. The third-order valence-electron chi connectivity index (χ3n) is 6.62. The summed E-state index contributed by atoms with van der Waals surface area (Å²) in [5, 5.41) is 12.2. The van der Waals surface area contributed by atoms with Gasteiger partial charge < -0.3 is 19.9 Å². The molecule has 0 bridgehead atoms. The number of aliphatic carboxylic acids is 1. The molecule has 0 saturated heterocycles. The number of nitrogens with one attached hydrogen (secondary N) is 1. The van der Waals surface area contributed by atoms with Crippen LogP contribution in [0.15, 0.2) is 102 Å². The summed E-state index contributed by atoms with van der Waals surface area (Å²) < 4.78 is 12.3. The van der Waals surface area contributed by atoms with Gasteiger partial charge in [-0.3, -0.25) is 0 Å². The first-order chi connectivity index (χ1) is 18.5. The van der Waals surface area contributed by atoms with Gasteiger partial charge in [0.05, 0.1) is 0 Å². The Balaban J connectivity index is 1.16. The van der Waals surface area contributed by atoms with E-state index in [0.29, 0.717) is 12.4 Å². The maximum atomic E-state index is 12.6. The van der Waals surface area contributed by atoms with Crippen molar-refractivity contribution < 1.29 is 24.2 Å². The fourth-order valence-electron chi connectivity index (χ4n) is 4.69. The van der Waals surface area contributed by atoms with E-state index in [9.17, 15) is 14.7 Å². The lowest BCUT2D eigenvalue weighted by Crippen LogP contribution is -2.42. The van der Waals surface area contributed by atoms with Crippen molar-refractivity contribution in [3.8, 4) is 16.9 Å². The monoisotopic (exact) mass is 571 g/mol. The number of carbonyl (C=O) groups is 2. The number of ether oxygens (including phenoxy) is 2.